The second-order valence-electron chi connectivity index (χ2n) is 8.64. The molecule has 1 aromatic rings. The van der Waals surface area contributed by atoms with Crippen molar-refractivity contribution in [1.82, 2.24) is 9.80 Å². The number of benzene rings is 1. The zero-order chi connectivity index (χ0) is 18.6. The van der Waals surface area contributed by atoms with Gasteiger partial charge in [-0.25, -0.2) is 0 Å². The highest BCUT2D eigenvalue weighted by molar-refractivity contribution is 5.82. The van der Waals surface area contributed by atoms with Crippen LogP contribution in [0, 0.1) is 0 Å². The van der Waals surface area contributed by atoms with Gasteiger partial charge in [0, 0.05) is 19.6 Å². The minimum absolute atomic E-state index is 0.0722. The normalized spacial score (nSPS) is 22.0. The molecule has 0 radical (unpaired) electrons. The summed E-state index contributed by atoms with van der Waals surface area (Å²) in [6, 6.07) is 8.76. The number of hydrogen-bond acceptors (Lipinski definition) is 3. The van der Waals surface area contributed by atoms with Gasteiger partial charge in [0.25, 0.3) is 0 Å². The lowest BCUT2D eigenvalue weighted by Crippen LogP contribution is -2.47. The molecule has 3 rings (SSSR count). The Bertz CT molecular complexity index is 585. The summed E-state index contributed by atoms with van der Waals surface area (Å²) in [5.74, 6) is 0.351. The molecule has 1 N–H and O–H groups in total. The Hall–Kier alpha value is -1.39. The molecule has 1 aromatic carbocycles. The molecule has 1 atom stereocenters. The predicted molar refractivity (Wildman–Crippen MR) is 105 cm³/mol. The van der Waals surface area contributed by atoms with Crippen molar-refractivity contribution in [2.75, 3.05) is 19.6 Å². The highest BCUT2D eigenvalue weighted by Crippen LogP contribution is 2.24. The highest BCUT2D eigenvalue weighted by atomic mass is 16.3. The van der Waals surface area contributed by atoms with E-state index in [2.05, 4.69) is 34.1 Å². The third kappa shape index (κ3) is 5.31. The molecule has 0 bridgehead atoms. The number of aryl methyl sites for hydroxylation is 1. The summed E-state index contributed by atoms with van der Waals surface area (Å²) in [7, 11) is 0. The molecule has 2 aliphatic rings. The van der Waals surface area contributed by atoms with Crippen LogP contribution in [-0.4, -0.2) is 52.1 Å². The number of aliphatic hydroxyl groups is 1. The van der Waals surface area contributed by atoms with Crippen LogP contribution in [0.15, 0.2) is 24.3 Å². The topological polar surface area (TPSA) is 43.8 Å². The molecular weight excluding hydrogens is 324 g/mol. The Labute approximate surface area is 158 Å². The molecule has 26 heavy (non-hydrogen) atoms. The van der Waals surface area contributed by atoms with Gasteiger partial charge >= 0.3 is 0 Å². The fraction of sp³-hybridized carbons (Fsp3) is 0.682. The number of rotatable bonds is 6. The molecule has 0 unspecified atom stereocenters. The van der Waals surface area contributed by atoms with E-state index in [4.69, 9.17) is 0 Å². The van der Waals surface area contributed by atoms with Crippen molar-refractivity contribution in [2.24, 2.45) is 0 Å². The van der Waals surface area contributed by atoms with Gasteiger partial charge in [-0.15, -0.1) is 0 Å². The van der Waals surface area contributed by atoms with Crippen LogP contribution in [0.25, 0.3) is 0 Å². The molecule has 2 aliphatic heterocycles. The summed E-state index contributed by atoms with van der Waals surface area (Å²) in [6.07, 6.45) is 7.36. The van der Waals surface area contributed by atoms with Crippen LogP contribution >= 0.6 is 0 Å². The Morgan fingerprint density at radius 2 is 1.69 bits per heavy atom. The summed E-state index contributed by atoms with van der Waals surface area (Å²) in [5.41, 5.74) is 1.92. The van der Waals surface area contributed by atoms with Gasteiger partial charge in [-0.2, -0.15) is 0 Å². The SMILES string of the molecule is CC(C)(O)CCc1ccc(CN2CCC[C@H]2C(=O)N2CCCCC2)cc1. The van der Waals surface area contributed by atoms with E-state index in [9.17, 15) is 9.90 Å². The quantitative estimate of drug-likeness (QED) is 0.848. The maximum Gasteiger partial charge on any atom is 0.239 e. The van der Waals surface area contributed by atoms with Gasteiger partial charge in [-0.3, -0.25) is 9.69 Å². The summed E-state index contributed by atoms with van der Waals surface area (Å²) in [5, 5.41) is 9.87. The molecule has 1 amide bonds. The minimum Gasteiger partial charge on any atom is -0.390 e. The molecule has 0 aliphatic carbocycles. The summed E-state index contributed by atoms with van der Waals surface area (Å²) < 4.78 is 0. The van der Waals surface area contributed by atoms with Gasteiger partial charge in [0.2, 0.25) is 5.91 Å². The van der Waals surface area contributed by atoms with Crippen molar-refractivity contribution < 1.29 is 9.90 Å². The summed E-state index contributed by atoms with van der Waals surface area (Å²) in [6.45, 7) is 7.47. The molecule has 2 saturated heterocycles. The minimum atomic E-state index is -0.615. The van der Waals surface area contributed by atoms with Crippen LogP contribution in [0.3, 0.4) is 0 Å². The molecule has 0 aromatic heterocycles. The van der Waals surface area contributed by atoms with Crippen molar-refractivity contribution in [2.45, 2.75) is 77.0 Å². The maximum absolute atomic E-state index is 12.9. The Morgan fingerprint density at radius 3 is 2.35 bits per heavy atom. The first-order chi connectivity index (χ1) is 12.4. The van der Waals surface area contributed by atoms with Gasteiger partial charge in [0.05, 0.1) is 11.6 Å². The Morgan fingerprint density at radius 1 is 1.04 bits per heavy atom. The molecule has 0 spiro atoms. The fourth-order valence-corrected chi connectivity index (χ4v) is 4.12. The van der Waals surface area contributed by atoms with Gasteiger partial charge < -0.3 is 10.0 Å². The average Bonchev–Trinajstić information content (AvgIpc) is 3.09. The van der Waals surface area contributed by atoms with Gasteiger partial charge in [-0.05, 0) is 76.5 Å². The zero-order valence-electron chi connectivity index (χ0n) is 16.4. The lowest BCUT2D eigenvalue weighted by Gasteiger charge is -2.32. The number of carbonyl (C=O) groups excluding carboxylic acids is 1. The van der Waals surface area contributed by atoms with Gasteiger partial charge in [0.1, 0.15) is 0 Å². The zero-order valence-corrected chi connectivity index (χ0v) is 16.4. The fourth-order valence-electron chi connectivity index (χ4n) is 4.12. The van der Waals surface area contributed by atoms with Gasteiger partial charge in [-0.1, -0.05) is 24.3 Å². The second kappa shape index (κ2) is 8.53. The van der Waals surface area contributed by atoms with Gasteiger partial charge in [0.15, 0.2) is 0 Å². The number of hydrogen-bond donors (Lipinski definition) is 1. The standard InChI is InChI=1S/C22H34N2O2/c1-22(2,26)13-12-18-8-10-19(11-9-18)17-24-16-6-7-20(24)21(25)23-14-4-3-5-15-23/h8-11,20,26H,3-7,12-17H2,1-2H3/t20-/m0/s1. The molecule has 2 heterocycles. The highest BCUT2D eigenvalue weighted by Gasteiger charge is 2.33. The number of nitrogens with zero attached hydrogens (tertiary/aromatic N) is 2. The first kappa shape index (κ1) is 19.4. The van der Waals surface area contributed by atoms with E-state index >= 15 is 0 Å². The van der Waals surface area contributed by atoms with E-state index < -0.39 is 5.60 Å². The van der Waals surface area contributed by atoms with Crippen molar-refractivity contribution in [3.8, 4) is 0 Å². The van der Waals surface area contributed by atoms with E-state index in [1.54, 1.807) is 0 Å². The van der Waals surface area contributed by atoms with Crippen LogP contribution in [-0.2, 0) is 17.8 Å². The Kier molecular flexibility index (Phi) is 6.36. The Balaban J connectivity index is 1.56. The predicted octanol–water partition coefficient (Wildman–Crippen LogP) is 3.37. The maximum atomic E-state index is 12.9. The van der Waals surface area contributed by atoms with E-state index in [1.165, 1.54) is 17.5 Å². The number of amides is 1. The van der Waals surface area contributed by atoms with Crippen molar-refractivity contribution >= 4 is 5.91 Å². The monoisotopic (exact) mass is 358 g/mol. The molecule has 2 fully saturated rings. The van der Waals surface area contributed by atoms with Crippen molar-refractivity contribution in [3.05, 3.63) is 35.4 Å². The average molecular weight is 359 g/mol. The molecular formula is C22H34N2O2. The van der Waals surface area contributed by atoms with Crippen LogP contribution in [0.5, 0.6) is 0 Å². The van der Waals surface area contributed by atoms with Crippen LogP contribution in [0.4, 0.5) is 0 Å². The molecule has 144 valence electrons. The van der Waals surface area contributed by atoms with Crippen molar-refractivity contribution in [3.63, 3.8) is 0 Å². The second-order valence-corrected chi connectivity index (χ2v) is 8.64. The van der Waals surface area contributed by atoms with E-state index in [0.717, 1.165) is 64.7 Å². The number of piperidine rings is 1. The first-order valence-electron chi connectivity index (χ1n) is 10.3. The largest absolute Gasteiger partial charge is 0.390 e. The van der Waals surface area contributed by atoms with E-state index in [1.807, 2.05) is 13.8 Å². The van der Waals surface area contributed by atoms with Crippen LogP contribution in [0.1, 0.15) is 63.5 Å². The van der Waals surface area contributed by atoms with E-state index in [-0.39, 0.29) is 6.04 Å². The van der Waals surface area contributed by atoms with E-state index in [0.29, 0.717) is 5.91 Å². The lowest BCUT2D eigenvalue weighted by atomic mass is 9.98. The smallest absolute Gasteiger partial charge is 0.239 e. The van der Waals surface area contributed by atoms with Crippen LogP contribution in [0.2, 0.25) is 0 Å². The summed E-state index contributed by atoms with van der Waals surface area (Å²) in [4.78, 5) is 17.3. The lowest BCUT2D eigenvalue weighted by molar-refractivity contribution is -0.137. The third-order valence-electron chi connectivity index (χ3n) is 5.75. The number of carbonyl (C=O) groups is 1. The molecule has 0 saturated carbocycles. The summed E-state index contributed by atoms with van der Waals surface area (Å²) >= 11 is 0. The number of likely N-dealkylation sites (tertiary alicyclic amines) is 2. The third-order valence-corrected chi connectivity index (χ3v) is 5.75. The molecule has 4 heteroatoms. The van der Waals surface area contributed by atoms with Crippen molar-refractivity contribution in [1.29, 1.82) is 0 Å². The molecule has 4 nitrogen and oxygen atoms in total. The van der Waals surface area contributed by atoms with Crippen LogP contribution < -0.4 is 0 Å². The first-order valence-corrected chi connectivity index (χ1v) is 10.3.